The van der Waals surface area contributed by atoms with Gasteiger partial charge in [0.05, 0.1) is 10.6 Å². The van der Waals surface area contributed by atoms with E-state index in [0.717, 1.165) is 12.1 Å². The van der Waals surface area contributed by atoms with Gasteiger partial charge in [-0.2, -0.15) is 0 Å². The lowest BCUT2D eigenvalue weighted by atomic mass is 10.0. The molecule has 0 spiro atoms. The second kappa shape index (κ2) is 8.03. The molecule has 1 amide bonds. The zero-order valence-corrected chi connectivity index (χ0v) is 14.7. The molecule has 3 N–H and O–H groups in total. The van der Waals surface area contributed by atoms with Crippen LogP contribution in [0.3, 0.4) is 0 Å². The smallest absolute Gasteiger partial charge is 0.407 e. The number of alkyl carbamates (subject to hydrolysis) is 1. The summed E-state index contributed by atoms with van der Waals surface area (Å²) in [5.41, 5.74) is -0.734. The summed E-state index contributed by atoms with van der Waals surface area (Å²) >= 11 is 2.73. The van der Waals surface area contributed by atoms with E-state index in [0.29, 0.717) is 0 Å². The van der Waals surface area contributed by atoms with E-state index in [4.69, 9.17) is 4.74 Å². The first-order chi connectivity index (χ1) is 10.5. The number of carbonyl (C=O) groups excluding carboxylic acids is 1. The van der Waals surface area contributed by atoms with E-state index < -0.39 is 35.5 Å². The maximum Gasteiger partial charge on any atom is 0.407 e. The van der Waals surface area contributed by atoms with Gasteiger partial charge in [0.25, 0.3) is 0 Å². The molecule has 8 heteroatoms. The molecule has 0 aliphatic carbocycles. The summed E-state index contributed by atoms with van der Waals surface area (Å²) in [7, 11) is 0. The predicted molar refractivity (Wildman–Crippen MR) is 83.9 cm³/mol. The molecule has 0 heterocycles. The van der Waals surface area contributed by atoms with Crippen LogP contribution in [0.25, 0.3) is 0 Å². The van der Waals surface area contributed by atoms with Crippen molar-refractivity contribution in [2.45, 2.75) is 45.0 Å². The molecule has 1 rings (SSSR count). The molecule has 0 aliphatic rings. The Balaban J connectivity index is 2.55. The maximum absolute atomic E-state index is 13.4. The predicted octanol–water partition coefficient (Wildman–Crippen LogP) is 3.04. The monoisotopic (exact) mass is 395 g/mol. The van der Waals surface area contributed by atoms with Crippen LogP contribution in [0.5, 0.6) is 0 Å². The average Bonchev–Trinajstić information content (AvgIpc) is 2.41. The molecular formula is C15H20BrF2NO4. The summed E-state index contributed by atoms with van der Waals surface area (Å²) in [5, 5.41) is 22.2. The van der Waals surface area contributed by atoms with E-state index in [1.54, 1.807) is 20.8 Å². The Hall–Kier alpha value is -1.25. The fraction of sp³-hybridized carbons (Fsp3) is 0.533. The number of hydrogen-bond donors (Lipinski definition) is 3. The Labute approximate surface area is 141 Å². The number of carbonyl (C=O) groups is 1. The molecule has 0 aliphatic heterocycles. The summed E-state index contributed by atoms with van der Waals surface area (Å²) < 4.78 is 31.5. The lowest BCUT2D eigenvalue weighted by molar-refractivity contribution is 0.0120. The number of aliphatic hydroxyl groups is 2. The Morgan fingerprint density at radius 1 is 1.30 bits per heavy atom. The summed E-state index contributed by atoms with van der Waals surface area (Å²) in [6.45, 7) is 5.17. The lowest BCUT2D eigenvalue weighted by Crippen LogP contribution is -2.34. The van der Waals surface area contributed by atoms with Gasteiger partial charge in [0.1, 0.15) is 23.3 Å². The van der Waals surface area contributed by atoms with Gasteiger partial charge in [0, 0.05) is 6.54 Å². The lowest BCUT2D eigenvalue weighted by Gasteiger charge is -2.21. The largest absolute Gasteiger partial charge is 0.444 e. The normalized spacial score (nSPS) is 14.3. The minimum atomic E-state index is -1.48. The number of ether oxygens (including phenoxy) is 1. The molecule has 0 aromatic heterocycles. The van der Waals surface area contributed by atoms with Crippen LogP contribution in [0.2, 0.25) is 0 Å². The van der Waals surface area contributed by atoms with E-state index in [2.05, 4.69) is 21.2 Å². The molecule has 0 radical (unpaired) electrons. The average molecular weight is 396 g/mol. The van der Waals surface area contributed by atoms with Crippen molar-refractivity contribution in [3.63, 3.8) is 0 Å². The summed E-state index contributed by atoms with van der Waals surface area (Å²) in [6.07, 6.45) is -3.45. The van der Waals surface area contributed by atoms with E-state index in [1.165, 1.54) is 0 Å². The van der Waals surface area contributed by atoms with Crippen LogP contribution in [0.4, 0.5) is 13.6 Å². The standard InChI is InChI=1S/C15H20BrF2NO4/c1-15(2,3)23-14(22)19-5-4-11(20)13(21)8-6-9(17)12(16)10(18)7-8/h6-7,11,13,20-21H,4-5H2,1-3H3,(H,19,22). The van der Waals surface area contributed by atoms with Crippen molar-refractivity contribution in [1.29, 1.82) is 0 Å². The first-order valence-electron chi connectivity index (χ1n) is 6.98. The van der Waals surface area contributed by atoms with Crippen molar-refractivity contribution in [3.8, 4) is 0 Å². The minimum Gasteiger partial charge on any atom is -0.444 e. The van der Waals surface area contributed by atoms with Crippen LogP contribution in [0.1, 0.15) is 38.9 Å². The van der Waals surface area contributed by atoms with Crippen LogP contribution in [0.15, 0.2) is 16.6 Å². The molecule has 0 saturated heterocycles. The Morgan fingerprint density at radius 3 is 2.30 bits per heavy atom. The molecule has 1 aromatic carbocycles. The molecule has 1 aromatic rings. The van der Waals surface area contributed by atoms with Gasteiger partial charge in [0.15, 0.2) is 0 Å². The SMILES string of the molecule is CC(C)(C)OC(=O)NCCC(O)C(O)c1cc(F)c(Br)c(F)c1. The van der Waals surface area contributed by atoms with Crippen molar-refractivity contribution in [1.82, 2.24) is 5.32 Å². The first kappa shape index (κ1) is 19.8. The quantitative estimate of drug-likeness (QED) is 0.669. The van der Waals surface area contributed by atoms with Gasteiger partial charge < -0.3 is 20.3 Å². The molecule has 0 bridgehead atoms. The maximum atomic E-state index is 13.4. The second-order valence-corrected chi connectivity index (χ2v) is 6.82. The number of amides is 1. The highest BCUT2D eigenvalue weighted by Crippen LogP contribution is 2.26. The number of rotatable bonds is 5. The second-order valence-electron chi connectivity index (χ2n) is 6.03. The first-order valence-corrected chi connectivity index (χ1v) is 7.78. The van der Waals surface area contributed by atoms with Crippen molar-refractivity contribution in [3.05, 3.63) is 33.8 Å². The highest BCUT2D eigenvalue weighted by molar-refractivity contribution is 9.10. The van der Waals surface area contributed by atoms with Gasteiger partial charge in [-0.1, -0.05) is 0 Å². The van der Waals surface area contributed by atoms with Gasteiger partial charge in [-0.3, -0.25) is 0 Å². The molecule has 23 heavy (non-hydrogen) atoms. The number of nitrogens with one attached hydrogen (secondary N) is 1. The molecular weight excluding hydrogens is 376 g/mol. The minimum absolute atomic E-state index is 0.0142. The highest BCUT2D eigenvalue weighted by Gasteiger charge is 2.22. The van der Waals surface area contributed by atoms with E-state index in [-0.39, 0.29) is 23.0 Å². The van der Waals surface area contributed by atoms with Crippen molar-refractivity contribution >= 4 is 22.0 Å². The highest BCUT2D eigenvalue weighted by atomic mass is 79.9. The molecule has 5 nitrogen and oxygen atoms in total. The van der Waals surface area contributed by atoms with Crippen LogP contribution in [-0.4, -0.2) is 34.6 Å². The van der Waals surface area contributed by atoms with Gasteiger partial charge in [-0.25, -0.2) is 13.6 Å². The fourth-order valence-electron chi connectivity index (χ4n) is 1.76. The summed E-state index contributed by atoms with van der Waals surface area (Å²) in [5.74, 6) is -1.75. The van der Waals surface area contributed by atoms with Crippen LogP contribution in [-0.2, 0) is 4.74 Å². The van der Waals surface area contributed by atoms with Crippen molar-refractivity contribution in [2.75, 3.05) is 6.54 Å². The number of aliphatic hydroxyl groups excluding tert-OH is 2. The van der Waals surface area contributed by atoms with Gasteiger partial charge >= 0.3 is 6.09 Å². The third-order valence-corrected chi connectivity index (χ3v) is 3.58. The molecule has 130 valence electrons. The molecule has 0 saturated carbocycles. The van der Waals surface area contributed by atoms with Gasteiger partial charge in [-0.15, -0.1) is 0 Å². The molecule has 2 atom stereocenters. The van der Waals surface area contributed by atoms with Gasteiger partial charge in [0.2, 0.25) is 0 Å². The van der Waals surface area contributed by atoms with E-state index >= 15 is 0 Å². The Kier molecular flexibility index (Phi) is 6.91. The van der Waals surface area contributed by atoms with Crippen molar-refractivity contribution < 1.29 is 28.5 Å². The summed E-state index contributed by atoms with van der Waals surface area (Å²) in [6, 6.07) is 1.87. The number of hydrogen-bond acceptors (Lipinski definition) is 4. The van der Waals surface area contributed by atoms with Crippen LogP contribution < -0.4 is 5.32 Å². The van der Waals surface area contributed by atoms with Crippen LogP contribution >= 0.6 is 15.9 Å². The number of benzene rings is 1. The fourth-order valence-corrected chi connectivity index (χ4v) is 1.99. The molecule has 2 unspecified atom stereocenters. The topological polar surface area (TPSA) is 78.8 Å². The summed E-state index contributed by atoms with van der Waals surface area (Å²) in [4.78, 5) is 11.4. The van der Waals surface area contributed by atoms with Crippen LogP contribution in [0, 0.1) is 11.6 Å². The van der Waals surface area contributed by atoms with Gasteiger partial charge in [-0.05, 0) is 60.8 Å². The Morgan fingerprint density at radius 2 is 1.83 bits per heavy atom. The Bertz CT molecular complexity index is 540. The number of halogens is 3. The van der Waals surface area contributed by atoms with E-state index in [1.807, 2.05) is 0 Å². The third-order valence-electron chi connectivity index (χ3n) is 2.82. The zero-order valence-electron chi connectivity index (χ0n) is 13.1. The van der Waals surface area contributed by atoms with Crippen molar-refractivity contribution in [2.24, 2.45) is 0 Å². The molecule has 0 fully saturated rings. The zero-order chi connectivity index (χ0) is 17.8. The third kappa shape index (κ3) is 6.40. The van der Waals surface area contributed by atoms with E-state index in [9.17, 15) is 23.8 Å².